The molecule has 1 aliphatic heterocycles. The molecule has 1 fully saturated rings. The molecule has 4 nitrogen and oxygen atoms in total. The van der Waals surface area contributed by atoms with Crippen molar-refractivity contribution in [1.29, 1.82) is 0 Å². The van der Waals surface area contributed by atoms with Crippen molar-refractivity contribution in [3.8, 4) is 0 Å². The summed E-state index contributed by atoms with van der Waals surface area (Å²) < 4.78 is 12.9. The quantitative estimate of drug-likeness (QED) is 0.888. The van der Waals surface area contributed by atoms with Crippen LogP contribution in [0.5, 0.6) is 0 Å². The number of benzene rings is 2. The summed E-state index contributed by atoms with van der Waals surface area (Å²) in [5.74, 6) is -0.563. The number of nitrogens with one attached hydrogen (secondary N) is 1. The Morgan fingerprint density at radius 1 is 1.13 bits per heavy atom. The van der Waals surface area contributed by atoms with E-state index in [9.17, 15) is 14.3 Å². The standard InChI is InChI=1S/C18H19FN2O2/c19-15-8-6-14(7-9-15)12-20-13-18(23)10-11-21(17(18)22)16-4-2-1-3-5-16/h1-9,20,23H,10-13H2. The summed E-state index contributed by atoms with van der Waals surface area (Å²) in [6.45, 7) is 1.14. The van der Waals surface area contributed by atoms with Gasteiger partial charge in [-0.1, -0.05) is 30.3 Å². The first kappa shape index (κ1) is 15.6. The largest absolute Gasteiger partial charge is 0.379 e. The topological polar surface area (TPSA) is 52.6 Å². The van der Waals surface area contributed by atoms with Gasteiger partial charge in [0.05, 0.1) is 0 Å². The van der Waals surface area contributed by atoms with E-state index in [2.05, 4.69) is 5.32 Å². The summed E-state index contributed by atoms with van der Waals surface area (Å²) in [5, 5.41) is 13.7. The predicted octanol–water partition coefficient (Wildman–Crippen LogP) is 2.08. The molecule has 23 heavy (non-hydrogen) atoms. The molecule has 0 bridgehead atoms. The first-order valence-electron chi connectivity index (χ1n) is 7.63. The van der Waals surface area contributed by atoms with E-state index in [1.165, 1.54) is 12.1 Å². The van der Waals surface area contributed by atoms with E-state index >= 15 is 0 Å². The lowest BCUT2D eigenvalue weighted by molar-refractivity contribution is -0.132. The fourth-order valence-corrected chi connectivity index (χ4v) is 2.79. The van der Waals surface area contributed by atoms with Crippen LogP contribution in [0.4, 0.5) is 10.1 Å². The van der Waals surface area contributed by atoms with Gasteiger partial charge in [-0.2, -0.15) is 0 Å². The van der Waals surface area contributed by atoms with Gasteiger partial charge in [0.25, 0.3) is 5.91 Å². The maximum atomic E-state index is 12.9. The van der Waals surface area contributed by atoms with Crippen molar-refractivity contribution in [2.75, 3.05) is 18.0 Å². The molecule has 2 N–H and O–H groups in total. The molecule has 1 amide bonds. The second-order valence-electron chi connectivity index (χ2n) is 5.80. The summed E-state index contributed by atoms with van der Waals surface area (Å²) in [5.41, 5.74) is 0.308. The highest BCUT2D eigenvalue weighted by atomic mass is 19.1. The lowest BCUT2D eigenvalue weighted by Gasteiger charge is -2.23. The minimum Gasteiger partial charge on any atom is -0.379 e. The monoisotopic (exact) mass is 314 g/mol. The van der Waals surface area contributed by atoms with Gasteiger partial charge in [0.2, 0.25) is 0 Å². The number of rotatable bonds is 5. The molecule has 120 valence electrons. The lowest BCUT2D eigenvalue weighted by Crippen LogP contribution is -2.47. The van der Waals surface area contributed by atoms with Crippen molar-refractivity contribution in [3.63, 3.8) is 0 Å². The third kappa shape index (κ3) is 3.41. The molecular weight excluding hydrogens is 295 g/mol. The number of hydrogen-bond acceptors (Lipinski definition) is 3. The van der Waals surface area contributed by atoms with Gasteiger partial charge < -0.3 is 15.3 Å². The maximum Gasteiger partial charge on any atom is 0.260 e. The van der Waals surface area contributed by atoms with Crippen LogP contribution >= 0.6 is 0 Å². The van der Waals surface area contributed by atoms with Crippen LogP contribution in [0.1, 0.15) is 12.0 Å². The highest BCUT2D eigenvalue weighted by Crippen LogP contribution is 2.27. The van der Waals surface area contributed by atoms with E-state index < -0.39 is 5.60 Å². The molecular formula is C18H19FN2O2. The molecule has 1 unspecified atom stereocenters. The molecule has 1 atom stereocenters. The first-order valence-corrected chi connectivity index (χ1v) is 7.63. The zero-order valence-corrected chi connectivity index (χ0v) is 12.7. The van der Waals surface area contributed by atoms with Crippen LogP contribution < -0.4 is 10.2 Å². The van der Waals surface area contributed by atoms with Crippen LogP contribution in [-0.4, -0.2) is 29.7 Å². The van der Waals surface area contributed by atoms with Crippen LogP contribution in [0.25, 0.3) is 0 Å². The molecule has 0 spiro atoms. The number of anilines is 1. The molecule has 5 heteroatoms. The van der Waals surface area contributed by atoms with Crippen LogP contribution in [0.15, 0.2) is 54.6 Å². The summed E-state index contributed by atoms with van der Waals surface area (Å²) in [7, 11) is 0. The zero-order chi connectivity index (χ0) is 16.3. The minimum atomic E-state index is -1.39. The van der Waals surface area contributed by atoms with Gasteiger partial charge in [-0.15, -0.1) is 0 Å². The van der Waals surface area contributed by atoms with Crippen molar-refractivity contribution in [2.45, 2.75) is 18.6 Å². The molecule has 1 heterocycles. The number of hydrogen-bond donors (Lipinski definition) is 2. The van der Waals surface area contributed by atoms with Crippen LogP contribution in [0, 0.1) is 5.82 Å². The van der Waals surface area contributed by atoms with E-state index in [4.69, 9.17) is 0 Å². The highest BCUT2D eigenvalue weighted by molar-refractivity contribution is 6.01. The van der Waals surface area contributed by atoms with Crippen LogP contribution in [-0.2, 0) is 11.3 Å². The molecule has 2 aromatic rings. The Kier molecular flexibility index (Phi) is 4.41. The van der Waals surface area contributed by atoms with Crippen molar-refractivity contribution < 1.29 is 14.3 Å². The molecule has 3 rings (SSSR count). The van der Waals surface area contributed by atoms with E-state index in [-0.39, 0.29) is 18.3 Å². The number of carbonyl (C=O) groups is 1. The van der Waals surface area contributed by atoms with Gasteiger partial charge >= 0.3 is 0 Å². The average Bonchev–Trinajstić information content (AvgIpc) is 2.86. The molecule has 2 aromatic carbocycles. The third-order valence-electron chi connectivity index (χ3n) is 4.12. The van der Waals surface area contributed by atoms with Gasteiger partial charge in [-0.3, -0.25) is 4.79 Å². The first-order chi connectivity index (χ1) is 11.1. The molecule has 0 aromatic heterocycles. The van der Waals surface area contributed by atoms with E-state index in [0.29, 0.717) is 19.5 Å². The molecule has 1 aliphatic rings. The fourth-order valence-electron chi connectivity index (χ4n) is 2.79. The molecule has 0 saturated carbocycles. The second kappa shape index (κ2) is 6.48. The Labute approximate surface area is 134 Å². The van der Waals surface area contributed by atoms with Gasteiger partial charge in [0.1, 0.15) is 5.82 Å². The minimum absolute atomic E-state index is 0.173. The van der Waals surface area contributed by atoms with Gasteiger partial charge in [-0.25, -0.2) is 4.39 Å². The average molecular weight is 314 g/mol. The summed E-state index contributed by atoms with van der Waals surface area (Å²) >= 11 is 0. The normalized spacial score (nSPS) is 21.0. The molecule has 0 aliphatic carbocycles. The Bertz CT molecular complexity index is 675. The highest BCUT2D eigenvalue weighted by Gasteiger charge is 2.45. The molecule has 1 saturated heterocycles. The second-order valence-corrected chi connectivity index (χ2v) is 5.80. The number of aliphatic hydroxyl groups is 1. The number of amides is 1. The van der Waals surface area contributed by atoms with Gasteiger partial charge in [0.15, 0.2) is 5.60 Å². The Balaban J connectivity index is 1.59. The fraction of sp³-hybridized carbons (Fsp3) is 0.278. The maximum absolute atomic E-state index is 12.9. The Morgan fingerprint density at radius 3 is 2.52 bits per heavy atom. The Hall–Kier alpha value is -2.24. The van der Waals surface area contributed by atoms with Gasteiger partial charge in [-0.05, 0) is 29.8 Å². The zero-order valence-electron chi connectivity index (χ0n) is 12.7. The summed E-state index contributed by atoms with van der Waals surface area (Å²) in [4.78, 5) is 14.1. The van der Waals surface area contributed by atoms with Crippen molar-refractivity contribution in [2.24, 2.45) is 0 Å². The smallest absolute Gasteiger partial charge is 0.260 e. The van der Waals surface area contributed by atoms with E-state index in [0.717, 1.165) is 11.3 Å². The lowest BCUT2D eigenvalue weighted by atomic mass is 10.0. The summed E-state index contributed by atoms with van der Waals surface area (Å²) in [6.07, 6.45) is 0.386. The molecule has 0 radical (unpaired) electrons. The third-order valence-corrected chi connectivity index (χ3v) is 4.12. The number of halogens is 1. The van der Waals surface area contributed by atoms with Crippen molar-refractivity contribution >= 4 is 11.6 Å². The van der Waals surface area contributed by atoms with Crippen molar-refractivity contribution in [3.05, 3.63) is 66.0 Å². The SMILES string of the molecule is O=C1N(c2ccccc2)CCC1(O)CNCc1ccc(F)cc1. The van der Waals surface area contributed by atoms with E-state index in [1.54, 1.807) is 17.0 Å². The van der Waals surface area contributed by atoms with Crippen molar-refractivity contribution in [1.82, 2.24) is 5.32 Å². The summed E-state index contributed by atoms with van der Waals surface area (Å²) in [6, 6.07) is 15.5. The number of carbonyl (C=O) groups excluding carboxylic acids is 1. The van der Waals surface area contributed by atoms with E-state index in [1.807, 2.05) is 30.3 Å². The Morgan fingerprint density at radius 2 is 1.83 bits per heavy atom. The van der Waals surface area contributed by atoms with Crippen LogP contribution in [0.2, 0.25) is 0 Å². The van der Waals surface area contributed by atoms with Crippen LogP contribution in [0.3, 0.4) is 0 Å². The number of nitrogens with zero attached hydrogens (tertiary/aromatic N) is 1. The van der Waals surface area contributed by atoms with Gasteiger partial charge in [0, 0.05) is 31.7 Å². The predicted molar refractivity (Wildman–Crippen MR) is 86.5 cm³/mol. The number of para-hydroxylation sites is 1.